The highest BCUT2D eigenvalue weighted by molar-refractivity contribution is 8.00. The van der Waals surface area contributed by atoms with Gasteiger partial charge in [-0.15, -0.1) is 11.8 Å². The molecule has 0 fully saturated rings. The number of non-ortho nitro benzene ring substituents is 1. The van der Waals surface area contributed by atoms with E-state index in [0.717, 1.165) is 4.90 Å². The van der Waals surface area contributed by atoms with Crippen LogP contribution >= 0.6 is 11.8 Å². The van der Waals surface area contributed by atoms with Gasteiger partial charge in [0.2, 0.25) is 5.91 Å². The van der Waals surface area contributed by atoms with Crippen LogP contribution in [0.4, 0.5) is 17.1 Å². The number of hydrogen-bond donors (Lipinski definition) is 2. The number of pyridine rings is 1. The average molecular weight is 408 g/mol. The van der Waals surface area contributed by atoms with Crippen LogP contribution in [-0.2, 0) is 4.79 Å². The van der Waals surface area contributed by atoms with Crippen molar-refractivity contribution in [1.29, 1.82) is 0 Å². The number of amides is 2. The number of aromatic nitrogens is 1. The molecule has 1 heterocycles. The van der Waals surface area contributed by atoms with Crippen LogP contribution in [0.1, 0.15) is 10.4 Å². The molecule has 0 spiro atoms. The number of nitro benzene ring substituents is 1. The van der Waals surface area contributed by atoms with Crippen LogP contribution in [0.2, 0.25) is 0 Å². The van der Waals surface area contributed by atoms with Crippen molar-refractivity contribution in [3.05, 3.63) is 88.7 Å². The van der Waals surface area contributed by atoms with Crippen LogP contribution in [0.15, 0.2) is 78.0 Å². The van der Waals surface area contributed by atoms with Gasteiger partial charge in [-0.1, -0.05) is 6.07 Å². The zero-order valence-corrected chi connectivity index (χ0v) is 15.9. The molecule has 9 heteroatoms. The number of nitrogens with zero attached hydrogens (tertiary/aromatic N) is 2. The average Bonchev–Trinajstić information content (AvgIpc) is 2.74. The van der Waals surface area contributed by atoms with E-state index >= 15 is 0 Å². The van der Waals surface area contributed by atoms with E-state index in [0.29, 0.717) is 11.4 Å². The van der Waals surface area contributed by atoms with Gasteiger partial charge in [-0.3, -0.25) is 24.7 Å². The Hall–Kier alpha value is -3.72. The molecule has 0 bridgehead atoms. The SMILES string of the molecule is O=C(CSc1ccc(NC(=O)c2cccc([N+](=O)[O-])c2)cc1)Nc1ccncc1. The Morgan fingerprint density at radius 2 is 1.66 bits per heavy atom. The lowest BCUT2D eigenvalue weighted by molar-refractivity contribution is -0.384. The first-order valence-corrected chi connectivity index (χ1v) is 9.48. The molecule has 2 amide bonds. The van der Waals surface area contributed by atoms with Crippen molar-refractivity contribution >= 4 is 40.6 Å². The van der Waals surface area contributed by atoms with E-state index in [4.69, 9.17) is 0 Å². The molecule has 0 aliphatic carbocycles. The Labute approximate surface area is 170 Å². The summed E-state index contributed by atoms with van der Waals surface area (Å²) in [5.41, 5.74) is 1.29. The van der Waals surface area contributed by atoms with Crippen molar-refractivity contribution in [2.75, 3.05) is 16.4 Å². The van der Waals surface area contributed by atoms with Crippen LogP contribution in [-0.4, -0.2) is 27.5 Å². The topological polar surface area (TPSA) is 114 Å². The van der Waals surface area contributed by atoms with Crippen LogP contribution in [0.25, 0.3) is 0 Å². The summed E-state index contributed by atoms with van der Waals surface area (Å²) in [5.74, 6) is -0.336. The monoisotopic (exact) mass is 408 g/mol. The van der Waals surface area contributed by atoms with Crippen molar-refractivity contribution in [3.63, 3.8) is 0 Å². The first kappa shape index (κ1) is 20.0. The van der Waals surface area contributed by atoms with Gasteiger partial charge in [0.05, 0.1) is 10.7 Å². The fourth-order valence-electron chi connectivity index (χ4n) is 2.38. The highest BCUT2D eigenvalue weighted by Crippen LogP contribution is 2.21. The van der Waals surface area contributed by atoms with E-state index in [-0.39, 0.29) is 22.9 Å². The maximum atomic E-state index is 12.3. The normalized spacial score (nSPS) is 10.2. The van der Waals surface area contributed by atoms with E-state index < -0.39 is 10.8 Å². The lowest BCUT2D eigenvalue weighted by Gasteiger charge is -2.07. The first-order valence-electron chi connectivity index (χ1n) is 8.50. The molecule has 0 atom stereocenters. The molecule has 0 radical (unpaired) electrons. The molecule has 3 aromatic rings. The predicted octanol–water partition coefficient (Wildman–Crippen LogP) is 3.97. The lowest BCUT2D eigenvalue weighted by Crippen LogP contribution is -2.14. The third-order valence-corrected chi connectivity index (χ3v) is 4.78. The molecule has 2 N–H and O–H groups in total. The van der Waals surface area contributed by atoms with Gasteiger partial charge in [-0.05, 0) is 42.5 Å². The van der Waals surface area contributed by atoms with Crippen LogP contribution in [0, 0.1) is 10.1 Å². The molecule has 0 saturated heterocycles. The minimum absolute atomic E-state index is 0.135. The van der Waals surface area contributed by atoms with Gasteiger partial charge < -0.3 is 10.6 Å². The Morgan fingerprint density at radius 1 is 0.966 bits per heavy atom. The van der Waals surface area contributed by atoms with Crippen molar-refractivity contribution < 1.29 is 14.5 Å². The Balaban J connectivity index is 1.53. The maximum Gasteiger partial charge on any atom is 0.270 e. The summed E-state index contributed by atoms with van der Waals surface area (Å²) in [5, 5.41) is 16.3. The third kappa shape index (κ3) is 5.88. The number of anilines is 2. The second-order valence-corrected chi connectivity index (χ2v) is 6.91. The molecule has 1 aromatic heterocycles. The summed E-state index contributed by atoms with van der Waals surface area (Å²) in [7, 11) is 0. The van der Waals surface area contributed by atoms with Gasteiger partial charge in [0.25, 0.3) is 11.6 Å². The quantitative estimate of drug-likeness (QED) is 0.347. The van der Waals surface area contributed by atoms with Gasteiger partial charge in [0, 0.05) is 46.4 Å². The Bertz CT molecular complexity index is 1030. The summed E-state index contributed by atoms with van der Waals surface area (Å²) in [6, 6.07) is 15.9. The highest BCUT2D eigenvalue weighted by atomic mass is 32.2. The minimum Gasteiger partial charge on any atom is -0.325 e. The minimum atomic E-state index is -0.548. The molecule has 0 unspecified atom stereocenters. The van der Waals surface area contributed by atoms with Crippen LogP contribution in [0.3, 0.4) is 0 Å². The van der Waals surface area contributed by atoms with E-state index in [1.807, 2.05) is 0 Å². The second-order valence-electron chi connectivity index (χ2n) is 5.86. The standard InChI is InChI=1S/C20H16N4O4S/c25-19(22-16-8-10-21-11-9-16)13-29-18-6-4-15(5-7-18)23-20(26)14-2-1-3-17(12-14)24(27)28/h1-12H,13H2,(H,23,26)(H,21,22,25). The predicted molar refractivity (Wildman–Crippen MR) is 111 cm³/mol. The summed E-state index contributed by atoms with van der Waals surface area (Å²) in [4.78, 5) is 39.3. The number of rotatable bonds is 7. The molecular formula is C20H16N4O4S. The van der Waals surface area contributed by atoms with E-state index in [9.17, 15) is 19.7 Å². The van der Waals surface area contributed by atoms with Gasteiger partial charge >= 0.3 is 0 Å². The van der Waals surface area contributed by atoms with E-state index in [1.165, 1.54) is 36.0 Å². The number of nitro groups is 1. The Morgan fingerprint density at radius 3 is 2.34 bits per heavy atom. The van der Waals surface area contributed by atoms with Gasteiger partial charge in [-0.2, -0.15) is 0 Å². The smallest absolute Gasteiger partial charge is 0.270 e. The van der Waals surface area contributed by atoms with Gasteiger partial charge in [0.15, 0.2) is 0 Å². The molecule has 0 aliphatic rings. The fraction of sp³-hybridized carbons (Fsp3) is 0.0500. The molecular weight excluding hydrogens is 392 g/mol. The summed E-state index contributed by atoms with van der Waals surface area (Å²) < 4.78 is 0. The largest absolute Gasteiger partial charge is 0.325 e. The van der Waals surface area contributed by atoms with Crippen molar-refractivity contribution in [1.82, 2.24) is 4.98 Å². The number of carbonyl (C=O) groups is 2. The molecule has 0 aliphatic heterocycles. The molecule has 0 saturated carbocycles. The first-order chi connectivity index (χ1) is 14.0. The van der Waals surface area contributed by atoms with Crippen LogP contribution in [0.5, 0.6) is 0 Å². The fourth-order valence-corrected chi connectivity index (χ4v) is 3.08. The second kappa shape index (κ2) is 9.47. The zero-order chi connectivity index (χ0) is 20.6. The number of hydrogen-bond acceptors (Lipinski definition) is 6. The molecule has 2 aromatic carbocycles. The Kier molecular flexibility index (Phi) is 6.54. The number of thioether (sulfide) groups is 1. The van der Waals surface area contributed by atoms with E-state index in [2.05, 4.69) is 15.6 Å². The number of benzene rings is 2. The van der Waals surface area contributed by atoms with Crippen molar-refractivity contribution in [2.45, 2.75) is 4.90 Å². The number of nitrogens with one attached hydrogen (secondary N) is 2. The molecule has 8 nitrogen and oxygen atoms in total. The third-order valence-electron chi connectivity index (χ3n) is 3.77. The van der Waals surface area contributed by atoms with Gasteiger partial charge in [-0.25, -0.2) is 0 Å². The van der Waals surface area contributed by atoms with Crippen molar-refractivity contribution in [3.8, 4) is 0 Å². The van der Waals surface area contributed by atoms with Crippen molar-refractivity contribution in [2.24, 2.45) is 0 Å². The zero-order valence-electron chi connectivity index (χ0n) is 15.1. The summed E-state index contributed by atoms with van der Waals surface area (Å²) >= 11 is 1.36. The van der Waals surface area contributed by atoms with Gasteiger partial charge in [0.1, 0.15) is 0 Å². The summed E-state index contributed by atoms with van der Waals surface area (Å²) in [6.45, 7) is 0. The number of carbonyl (C=O) groups excluding carboxylic acids is 2. The molecule has 3 rings (SSSR count). The molecule has 146 valence electrons. The summed E-state index contributed by atoms with van der Waals surface area (Å²) in [6.07, 6.45) is 3.20. The highest BCUT2D eigenvalue weighted by Gasteiger charge is 2.12. The molecule has 29 heavy (non-hydrogen) atoms. The van der Waals surface area contributed by atoms with E-state index in [1.54, 1.807) is 48.8 Å². The maximum absolute atomic E-state index is 12.3. The lowest BCUT2D eigenvalue weighted by atomic mass is 10.2. The van der Waals surface area contributed by atoms with Crippen LogP contribution < -0.4 is 10.6 Å².